The molecule has 0 bridgehead atoms. The van der Waals surface area contributed by atoms with Crippen LogP contribution in [0.1, 0.15) is 65.1 Å². The van der Waals surface area contributed by atoms with Gasteiger partial charge in [0.15, 0.2) is 0 Å². The lowest BCUT2D eigenvalue weighted by molar-refractivity contribution is -0.148. The van der Waals surface area contributed by atoms with Crippen LogP contribution in [-0.4, -0.2) is 51.7 Å². The van der Waals surface area contributed by atoms with Gasteiger partial charge in [-0.2, -0.15) is 0 Å². The zero-order valence-corrected chi connectivity index (χ0v) is 24.4. The van der Waals surface area contributed by atoms with Crippen molar-refractivity contribution in [2.75, 3.05) is 11.9 Å². The number of fused-ring (bicyclic) bond motifs is 1. The van der Waals surface area contributed by atoms with Crippen molar-refractivity contribution in [2.45, 2.75) is 78.1 Å². The number of nitrogens with one attached hydrogen (secondary N) is 2. The van der Waals surface area contributed by atoms with Crippen LogP contribution in [0.3, 0.4) is 0 Å². The van der Waals surface area contributed by atoms with Crippen molar-refractivity contribution in [1.29, 1.82) is 0 Å². The summed E-state index contributed by atoms with van der Waals surface area (Å²) in [5, 5.41) is 17.7. The molecule has 0 aliphatic heterocycles. The van der Waals surface area contributed by atoms with E-state index in [1.165, 1.54) is 4.90 Å². The second kappa shape index (κ2) is 12.5. The quantitative estimate of drug-likeness (QED) is 0.317. The fraction of sp³-hybridized carbons (Fsp3) is 0.406. The average Bonchev–Trinajstić information content (AvgIpc) is 2.89. The highest BCUT2D eigenvalue weighted by molar-refractivity contribution is 6.00. The van der Waals surface area contributed by atoms with Crippen LogP contribution in [0, 0.1) is 6.92 Å². The predicted molar refractivity (Wildman–Crippen MR) is 158 cm³/mol. The lowest BCUT2D eigenvalue weighted by atomic mass is 9.90. The van der Waals surface area contributed by atoms with Crippen LogP contribution in [0.25, 0.3) is 10.8 Å². The first-order valence-electron chi connectivity index (χ1n) is 13.6. The van der Waals surface area contributed by atoms with Crippen molar-refractivity contribution in [3.05, 3.63) is 77.9 Å². The smallest absolute Gasteiger partial charge is 0.408 e. The Morgan fingerprint density at radius 1 is 0.925 bits per heavy atom. The molecule has 3 aromatic carbocycles. The topological polar surface area (TPSA) is 108 Å². The Bertz CT molecular complexity index is 1360. The summed E-state index contributed by atoms with van der Waals surface area (Å²) in [6.07, 6.45) is -0.322. The number of aliphatic hydroxyl groups excluding tert-OH is 1. The van der Waals surface area contributed by atoms with Crippen molar-refractivity contribution < 1.29 is 24.2 Å². The fourth-order valence-electron chi connectivity index (χ4n) is 4.52. The SMILES string of the molecule is CCC(C)(C)N(C(=O)C(CO)NC(=O)OC(C)(C)C)C(C(=O)Nc1ccc2ccccc2c1)c1ccccc1C. The van der Waals surface area contributed by atoms with Gasteiger partial charge in [-0.05, 0) is 82.0 Å². The third-order valence-corrected chi connectivity index (χ3v) is 6.93. The summed E-state index contributed by atoms with van der Waals surface area (Å²) in [6.45, 7) is 12.0. The van der Waals surface area contributed by atoms with Gasteiger partial charge in [-0.3, -0.25) is 9.59 Å². The lowest BCUT2D eigenvalue weighted by Gasteiger charge is -2.44. The fourth-order valence-corrected chi connectivity index (χ4v) is 4.52. The van der Waals surface area contributed by atoms with Gasteiger partial charge in [0.2, 0.25) is 5.91 Å². The van der Waals surface area contributed by atoms with Crippen molar-refractivity contribution in [1.82, 2.24) is 10.2 Å². The number of benzene rings is 3. The van der Waals surface area contributed by atoms with E-state index >= 15 is 0 Å². The van der Waals surface area contributed by atoms with Gasteiger partial charge in [-0.15, -0.1) is 0 Å². The number of hydrogen-bond acceptors (Lipinski definition) is 5. The maximum atomic E-state index is 14.2. The van der Waals surface area contributed by atoms with Gasteiger partial charge in [0.05, 0.1) is 6.61 Å². The van der Waals surface area contributed by atoms with E-state index in [0.29, 0.717) is 17.7 Å². The van der Waals surface area contributed by atoms with Crippen molar-refractivity contribution in [2.24, 2.45) is 0 Å². The number of aryl methyl sites for hydroxylation is 1. The molecule has 8 heteroatoms. The van der Waals surface area contributed by atoms with E-state index in [9.17, 15) is 19.5 Å². The van der Waals surface area contributed by atoms with Crippen LogP contribution in [0.15, 0.2) is 66.7 Å². The molecule has 0 radical (unpaired) electrons. The van der Waals surface area contributed by atoms with Gasteiger partial charge in [0, 0.05) is 11.2 Å². The van der Waals surface area contributed by atoms with Gasteiger partial charge >= 0.3 is 6.09 Å². The molecule has 0 saturated heterocycles. The standard InChI is InChI=1S/C32H41N3O5/c1-8-32(6,7)35(29(38)26(20-36)34-30(39)40-31(3,4)5)27(25-16-12-9-13-21(25)2)28(37)33-24-18-17-22-14-10-11-15-23(22)19-24/h9-19,26-27,36H,8,20H2,1-7H3,(H,33,37)(H,34,39). The molecule has 0 aromatic heterocycles. The molecule has 0 aliphatic rings. The summed E-state index contributed by atoms with van der Waals surface area (Å²) >= 11 is 0. The third-order valence-electron chi connectivity index (χ3n) is 6.93. The first-order chi connectivity index (χ1) is 18.8. The maximum Gasteiger partial charge on any atom is 0.408 e. The van der Waals surface area contributed by atoms with Gasteiger partial charge in [0.1, 0.15) is 17.7 Å². The summed E-state index contributed by atoms with van der Waals surface area (Å²) < 4.78 is 5.33. The van der Waals surface area contributed by atoms with Crippen LogP contribution in [0.2, 0.25) is 0 Å². The van der Waals surface area contributed by atoms with E-state index < -0.39 is 47.7 Å². The number of carbonyl (C=O) groups excluding carboxylic acids is 3. The largest absolute Gasteiger partial charge is 0.444 e. The first-order valence-corrected chi connectivity index (χ1v) is 13.6. The number of hydrogen-bond donors (Lipinski definition) is 3. The molecule has 40 heavy (non-hydrogen) atoms. The molecular weight excluding hydrogens is 506 g/mol. The van der Waals surface area contributed by atoms with Crippen LogP contribution in [-0.2, 0) is 14.3 Å². The Morgan fingerprint density at radius 2 is 1.55 bits per heavy atom. The summed E-state index contributed by atoms with van der Waals surface area (Å²) in [6, 6.07) is 18.5. The second-order valence-corrected chi connectivity index (χ2v) is 11.6. The summed E-state index contributed by atoms with van der Waals surface area (Å²) in [4.78, 5) is 42.3. The molecule has 0 spiro atoms. The van der Waals surface area contributed by atoms with E-state index in [1.54, 1.807) is 20.8 Å². The average molecular weight is 548 g/mol. The Morgan fingerprint density at radius 3 is 2.15 bits per heavy atom. The molecular formula is C32H41N3O5. The van der Waals surface area contributed by atoms with E-state index in [2.05, 4.69) is 10.6 Å². The molecule has 0 heterocycles. The maximum absolute atomic E-state index is 14.2. The molecule has 0 aliphatic carbocycles. The first kappa shape index (κ1) is 30.6. The highest BCUT2D eigenvalue weighted by atomic mass is 16.6. The van der Waals surface area contributed by atoms with Gasteiger partial charge in [-0.1, -0.05) is 61.5 Å². The van der Waals surface area contributed by atoms with Gasteiger partial charge < -0.3 is 25.4 Å². The third kappa shape index (κ3) is 7.39. The number of ether oxygens (including phenoxy) is 1. The number of rotatable bonds is 9. The highest BCUT2D eigenvalue weighted by Crippen LogP contribution is 2.34. The Hall–Kier alpha value is -3.91. The molecule has 2 atom stereocenters. The number of amides is 3. The summed E-state index contributed by atoms with van der Waals surface area (Å²) in [5.74, 6) is -1.00. The summed E-state index contributed by atoms with van der Waals surface area (Å²) in [7, 11) is 0. The molecule has 214 valence electrons. The van der Waals surface area contributed by atoms with Crippen LogP contribution in [0.4, 0.5) is 10.5 Å². The molecule has 3 rings (SSSR count). The zero-order valence-electron chi connectivity index (χ0n) is 24.4. The van der Waals surface area contributed by atoms with E-state index in [-0.39, 0.29) is 0 Å². The lowest BCUT2D eigenvalue weighted by Crippen LogP contribution is -2.59. The number of nitrogens with zero attached hydrogens (tertiary/aromatic N) is 1. The van der Waals surface area contributed by atoms with E-state index in [0.717, 1.165) is 16.3 Å². The number of aliphatic hydroxyl groups is 1. The molecule has 2 unspecified atom stereocenters. The zero-order chi connectivity index (χ0) is 29.7. The molecule has 0 saturated carbocycles. The van der Waals surface area contributed by atoms with E-state index in [1.807, 2.05) is 94.4 Å². The van der Waals surface area contributed by atoms with E-state index in [4.69, 9.17) is 4.74 Å². The van der Waals surface area contributed by atoms with Gasteiger partial charge in [0.25, 0.3) is 5.91 Å². The van der Waals surface area contributed by atoms with Crippen molar-refractivity contribution in [3.8, 4) is 0 Å². The normalized spacial score (nSPS) is 13.3. The van der Waals surface area contributed by atoms with Gasteiger partial charge in [-0.25, -0.2) is 4.79 Å². The highest BCUT2D eigenvalue weighted by Gasteiger charge is 2.43. The molecule has 3 N–H and O–H groups in total. The molecule has 0 fully saturated rings. The second-order valence-electron chi connectivity index (χ2n) is 11.6. The Labute approximate surface area is 236 Å². The predicted octanol–water partition coefficient (Wildman–Crippen LogP) is 5.73. The summed E-state index contributed by atoms with van der Waals surface area (Å²) in [5.41, 5.74) is 0.443. The Kier molecular flexibility index (Phi) is 9.58. The minimum atomic E-state index is -1.32. The molecule has 3 aromatic rings. The minimum absolute atomic E-state index is 0.409. The van der Waals surface area contributed by atoms with Crippen LogP contribution < -0.4 is 10.6 Å². The number of anilines is 1. The number of alkyl carbamates (subject to hydrolysis) is 1. The molecule has 8 nitrogen and oxygen atoms in total. The molecule has 3 amide bonds. The number of carbonyl (C=O) groups is 3. The Balaban J connectivity index is 2.07. The van der Waals surface area contributed by atoms with Crippen molar-refractivity contribution in [3.63, 3.8) is 0 Å². The van der Waals surface area contributed by atoms with Crippen LogP contribution >= 0.6 is 0 Å². The minimum Gasteiger partial charge on any atom is -0.444 e. The van der Waals surface area contributed by atoms with Crippen molar-refractivity contribution >= 4 is 34.4 Å². The van der Waals surface area contributed by atoms with Crippen LogP contribution in [0.5, 0.6) is 0 Å². The monoisotopic (exact) mass is 547 g/mol.